The fraction of sp³-hybridized carbons (Fsp3) is 0.500. The van der Waals surface area contributed by atoms with Crippen molar-refractivity contribution in [2.24, 2.45) is 0 Å². The van der Waals surface area contributed by atoms with Crippen molar-refractivity contribution in [2.75, 3.05) is 0 Å². The normalized spacial score (nSPS) is 19.4. The molecule has 76 valence electrons. The van der Waals surface area contributed by atoms with Gasteiger partial charge in [0.05, 0.1) is 0 Å². The average molecular weight is 255 g/mol. The van der Waals surface area contributed by atoms with E-state index < -0.39 is 0 Å². The summed E-state index contributed by atoms with van der Waals surface area (Å²) in [6, 6.07) is 0. The molecule has 2 heteroatoms. The smallest absolute Gasteiger partial charge is 0.126 e. The van der Waals surface area contributed by atoms with E-state index in [9.17, 15) is 0 Å². The van der Waals surface area contributed by atoms with Crippen molar-refractivity contribution in [3.05, 3.63) is 26.7 Å². The molecular weight excluding hydrogens is 240 g/mol. The molecule has 14 heavy (non-hydrogen) atoms. The van der Waals surface area contributed by atoms with Gasteiger partial charge in [0.2, 0.25) is 0 Å². The largest absolute Gasteiger partial charge is 0.490 e. The molecule has 1 aliphatic rings. The molecule has 0 N–H and O–H groups in total. The number of halogens is 1. The summed E-state index contributed by atoms with van der Waals surface area (Å²) in [6.07, 6.45) is 1.37. The van der Waals surface area contributed by atoms with Crippen LogP contribution in [0.4, 0.5) is 0 Å². The molecule has 0 saturated carbocycles. The summed E-state index contributed by atoms with van der Waals surface area (Å²) >= 11 is 3.65. The first kappa shape index (κ1) is 10.0. The molecule has 0 aliphatic carbocycles. The Hall–Kier alpha value is -0.500. The first-order valence-corrected chi connectivity index (χ1v) is 5.76. The van der Waals surface area contributed by atoms with Crippen LogP contribution in [0.2, 0.25) is 0 Å². The van der Waals surface area contributed by atoms with Gasteiger partial charge in [-0.3, -0.25) is 0 Å². The Bertz CT molecular complexity index is 359. The molecule has 1 aliphatic heterocycles. The van der Waals surface area contributed by atoms with Crippen molar-refractivity contribution >= 4 is 15.9 Å². The van der Waals surface area contributed by atoms with Gasteiger partial charge in [-0.25, -0.2) is 0 Å². The number of benzene rings is 1. The molecule has 1 heterocycles. The van der Waals surface area contributed by atoms with Crippen LogP contribution in [0, 0.1) is 20.8 Å². The van der Waals surface area contributed by atoms with Gasteiger partial charge in [0.1, 0.15) is 11.9 Å². The predicted octanol–water partition coefficient (Wildman–Crippen LogP) is 3.70. The Labute approximate surface area is 93.6 Å². The quantitative estimate of drug-likeness (QED) is 0.686. The van der Waals surface area contributed by atoms with E-state index in [-0.39, 0.29) is 0 Å². The summed E-state index contributed by atoms with van der Waals surface area (Å²) in [6.45, 7) is 8.56. The van der Waals surface area contributed by atoms with Crippen LogP contribution in [0.1, 0.15) is 29.2 Å². The monoisotopic (exact) mass is 254 g/mol. The molecule has 0 radical (unpaired) electrons. The minimum absolute atomic E-state index is 0.330. The van der Waals surface area contributed by atoms with E-state index in [0.717, 1.165) is 12.2 Å². The number of fused-ring (bicyclic) bond motifs is 1. The van der Waals surface area contributed by atoms with Crippen LogP contribution in [0.3, 0.4) is 0 Å². The molecule has 1 aromatic rings. The van der Waals surface area contributed by atoms with Gasteiger partial charge in [-0.15, -0.1) is 0 Å². The summed E-state index contributed by atoms with van der Waals surface area (Å²) in [4.78, 5) is 0. The van der Waals surface area contributed by atoms with Crippen LogP contribution < -0.4 is 4.74 Å². The maximum absolute atomic E-state index is 5.83. The molecule has 0 aromatic heterocycles. The topological polar surface area (TPSA) is 9.23 Å². The second-order valence-corrected chi connectivity index (χ2v) is 4.92. The van der Waals surface area contributed by atoms with Crippen LogP contribution >= 0.6 is 15.9 Å². The Balaban J connectivity index is 2.70. The molecular formula is C12H15BrO. The van der Waals surface area contributed by atoms with Crippen molar-refractivity contribution in [3.63, 3.8) is 0 Å². The van der Waals surface area contributed by atoms with Gasteiger partial charge in [-0.05, 0) is 44.4 Å². The second kappa shape index (κ2) is 3.27. The van der Waals surface area contributed by atoms with Crippen LogP contribution in [-0.2, 0) is 6.42 Å². The first-order valence-electron chi connectivity index (χ1n) is 4.97. The lowest BCUT2D eigenvalue weighted by molar-refractivity contribution is 0.253. The Morgan fingerprint density at radius 2 is 1.79 bits per heavy atom. The zero-order valence-electron chi connectivity index (χ0n) is 9.07. The van der Waals surface area contributed by atoms with E-state index >= 15 is 0 Å². The van der Waals surface area contributed by atoms with E-state index in [1.807, 2.05) is 0 Å². The van der Waals surface area contributed by atoms with Crippen molar-refractivity contribution in [1.29, 1.82) is 0 Å². The van der Waals surface area contributed by atoms with Crippen LogP contribution in [-0.4, -0.2) is 6.10 Å². The molecule has 0 spiro atoms. The second-order valence-electron chi connectivity index (χ2n) is 4.13. The fourth-order valence-corrected chi connectivity index (χ4v) is 2.62. The number of rotatable bonds is 0. The Morgan fingerprint density at radius 1 is 1.14 bits per heavy atom. The molecule has 0 bridgehead atoms. The maximum atomic E-state index is 5.83. The SMILES string of the molecule is Cc1c(C)c2c(c(C)c1Br)CC(C)O2. The predicted molar refractivity (Wildman–Crippen MR) is 62.1 cm³/mol. The Kier molecular flexibility index (Phi) is 2.34. The van der Waals surface area contributed by atoms with E-state index in [0.29, 0.717) is 6.10 Å². The third kappa shape index (κ3) is 1.28. The minimum atomic E-state index is 0.330. The summed E-state index contributed by atoms with van der Waals surface area (Å²) in [7, 11) is 0. The van der Waals surface area contributed by atoms with Crippen LogP contribution in [0.25, 0.3) is 0 Å². The number of hydrogen-bond acceptors (Lipinski definition) is 1. The highest BCUT2D eigenvalue weighted by Crippen LogP contribution is 2.40. The van der Waals surface area contributed by atoms with E-state index in [1.54, 1.807) is 0 Å². The van der Waals surface area contributed by atoms with E-state index in [1.165, 1.54) is 26.7 Å². The third-order valence-corrected chi connectivity index (χ3v) is 4.29. The molecule has 0 fully saturated rings. The van der Waals surface area contributed by atoms with Crippen molar-refractivity contribution in [3.8, 4) is 5.75 Å². The summed E-state index contributed by atoms with van der Waals surface area (Å²) in [5.41, 5.74) is 5.30. The Morgan fingerprint density at radius 3 is 2.43 bits per heavy atom. The van der Waals surface area contributed by atoms with Gasteiger partial charge in [-0.1, -0.05) is 15.9 Å². The number of hydrogen-bond donors (Lipinski definition) is 0. The highest BCUT2D eigenvalue weighted by Gasteiger charge is 2.25. The fourth-order valence-electron chi connectivity index (χ4n) is 2.08. The molecule has 1 unspecified atom stereocenters. The molecule has 2 rings (SSSR count). The zero-order chi connectivity index (χ0) is 10.5. The summed E-state index contributed by atoms with van der Waals surface area (Å²) in [5, 5.41) is 0. The van der Waals surface area contributed by atoms with Gasteiger partial charge in [0.15, 0.2) is 0 Å². The van der Waals surface area contributed by atoms with Gasteiger partial charge >= 0.3 is 0 Å². The van der Waals surface area contributed by atoms with Gasteiger partial charge in [0, 0.05) is 16.5 Å². The lowest BCUT2D eigenvalue weighted by Crippen LogP contribution is -2.05. The zero-order valence-corrected chi connectivity index (χ0v) is 10.7. The lowest BCUT2D eigenvalue weighted by atomic mass is 9.98. The number of ether oxygens (including phenoxy) is 1. The van der Waals surface area contributed by atoms with Crippen LogP contribution in [0.15, 0.2) is 4.47 Å². The van der Waals surface area contributed by atoms with Crippen molar-refractivity contribution < 1.29 is 4.74 Å². The van der Waals surface area contributed by atoms with Gasteiger partial charge in [0.25, 0.3) is 0 Å². The molecule has 1 atom stereocenters. The van der Waals surface area contributed by atoms with E-state index in [4.69, 9.17) is 4.74 Å². The molecule has 0 saturated heterocycles. The highest BCUT2D eigenvalue weighted by atomic mass is 79.9. The highest BCUT2D eigenvalue weighted by molar-refractivity contribution is 9.10. The van der Waals surface area contributed by atoms with E-state index in [2.05, 4.69) is 43.6 Å². The minimum Gasteiger partial charge on any atom is -0.490 e. The van der Waals surface area contributed by atoms with Gasteiger partial charge < -0.3 is 4.74 Å². The first-order chi connectivity index (χ1) is 6.52. The molecule has 1 nitrogen and oxygen atoms in total. The summed E-state index contributed by atoms with van der Waals surface area (Å²) < 4.78 is 7.08. The standard InChI is InChI=1S/C12H15BrO/c1-6-5-10-9(4)11(13)7(2)8(3)12(10)14-6/h6H,5H2,1-4H3. The maximum Gasteiger partial charge on any atom is 0.126 e. The summed E-state index contributed by atoms with van der Waals surface area (Å²) in [5.74, 6) is 1.12. The lowest BCUT2D eigenvalue weighted by Gasteiger charge is -2.13. The van der Waals surface area contributed by atoms with Gasteiger partial charge in [-0.2, -0.15) is 0 Å². The molecule has 1 aromatic carbocycles. The van der Waals surface area contributed by atoms with Crippen molar-refractivity contribution in [2.45, 2.75) is 40.2 Å². The van der Waals surface area contributed by atoms with Crippen LogP contribution in [0.5, 0.6) is 5.75 Å². The molecule has 0 amide bonds. The third-order valence-electron chi connectivity index (χ3n) is 3.10. The van der Waals surface area contributed by atoms with Crippen molar-refractivity contribution in [1.82, 2.24) is 0 Å². The average Bonchev–Trinajstić information content (AvgIpc) is 2.54.